The van der Waals surface area contributed by atoms with Gasteiger partial charge in [-0.2, -0.15) is 4.31 Å². The predicted molar refractivity (Wildman–Crippen MR) is 80.9 cm³/mol. The Bertz CT molecular complexity index is 629. The third kappa shape index (κ3) is 3.83. The van der Waals surface area contributed by atoms with Crippen LogP contribution in [0.25, 0.3) is 0 Å². The lowest BCUT2D eigenvalue weighted by Crippen LogP contribution is -2.29. The monoisotopic (exact) mass is 308 g/mol. The first kappa shape index (κ1) is 16.0. The molecule has 1 heterocycles. The Labute approximate surface area is 125 Å². The van der Waals surface area contributed by atoms with Crippen molar-refractivity contribution in [1.82, 2.24) is 4.31 Å². The standard InChI is InChI=1S/C15H20N2O3S/c16-9-1-2-13-3-5-15(6-4-13)21(19,20)17-10-7-14(12-17)8-11-18/h3-6,14,18H,7-12,16H2. The van der Waals surface area contributed by atoms with Gasteiger partial charge in [0.25, 0.3) is 0 Å². The quantitative estimate of drug-likeness (QED) is 0.788. The molecule has 0 aliphatic carbocycles. The number of hydrogen-bond donors (Lipinski definition) is 2. The number of aliphatic hydroxyl groups is 1. The number of benzene rings is 1. The molecule has 1 aliphatic rings. The largest absolute Gasteiger partial charge is 0.396 e. The highest BCUT2D eigenvalue weighted by Gasteiger charge is 2.31. The third-order valence-corrected chi connectivity index (χ3v) is 5.49. The van der Waals surface area contributed by atoms with Gasteiger partial charge in [-0.3, -0.25) is 0 Å². The maximum absolute atomic E-state index is 12.5. The first-order chi connectivity index (χ1) is 10.1. The number of aliphatic hydroxyl groups excluding tert-OH is 1. The molecule has 1 fully saturated rings. The summed E-state index contributed by atoms with van der Waals surface area (Å²) in [5.41, 5.74) is 6.05. The second-order valence-electron chi connectivity index (χ2n) is 5.06. The molecule has 6 heteroatoms. The maximum Gasteiger partial charge on any atom is 0.243 e. The fourth-order valence-electron chi connectivity index (χ4n) is 2.45. The lowest BCUT2D eigenvalue weighted by atomic mass is 10.1. The van der Waals surface area contributed by atoms with Crippen LogP contribution < -0.4 is 5.73 Å². The Morgan fingerprint density at radius 2 is 2.05 bits per heavy atom. The smallest absolute Gasteiger partial charge is 0.243 e. The Morgan fingerprint density at radius 3 is 2.67 bits per heavy atom. The summed E-state index contributed by atoms with van der Waals surface area (Å²) in [5.74, 6) is 5.85. The van der Waals surface area contributed by atoms with Crippen LogP contribution in [0.5, 0.6) is 0 Å². The van der Waals surface area contributed by atoms with Gasteiger partial charge in [0.2, 0.25) is 10.0 Å². The van der Waals surface area contributed by atoms with Gasteiger partial charge in [0, 0.05) is 25.3 Å². The zero-order valence-corrected chi connectivity index (χ0v) is 12.6. The normalized spacial score (nSPS) is 19.2. The van der Waals surface area contributed by atoms with E-state index in [-0.39, 0.29) is 24.0 Å². The summed E-state index contributed by atoms with van der Waals surface area (Å²) in [5, 5.41) is 8.94. The van der Waals surface area contributed by atoms with Crippen molar-refractivity contribution < 1.29 is 13.5 Å². The third-order valence-electron chi connectivity index (χ3n) is 3.61. The summed E-state index contributed by atoms with van der Waals surface area (Å²) < 4.78 is 26.5. The van der Waals surface area contributed by atoms with E-state index in [0.29, 0.717) is 19.5 Å². The minimum atomic E-state index is -3.45. The Hall–Kier alpha value is -1.39. The van der Waals surface area contributed by atoms with Crippen LogP contribution in [0.2, 0.25) is 0 Å². The lowest BCUT2D eigenvalue weighted by Gasteiger charge is -2.16. The van der Waals surface area contributed by atoms with Crippen molar-refractivity contribution in [3.63, 3.8) is 0 Å². The molecule has 0 saturated carbocycles. The molecule has 1 saturated heterocycles. The van der Waals surface area contributed by atoms with Gasteiger partial charge < -0.3 is 10.8 Å². The molecule has 1 aliphatic heterocycles. The van der Waals surface area contributed by atoms with Crippen LogP contribution in [0, 0.1) is 17.8 Å². The van der Waals surface area contributed by atoms with Crippen molar-refractivity contribution in [2.24, 2.45) is 11.7 Å². The highest BCUT2D eigenvalue weighted by atomic mass is 32.2. The van der Waals surface area contributed by atoms with Crippen molar-refractivity contribution in [2.75, 3.05) is 26.2 Å². The highest BCUT2D eigenvalue weighted by Crippen LogP contribution is 2.26. The topological polar surface area (TPSA) is 83.6 Å². The summed E-state index contributed by atoms with van der Waals surface area (Å²) in [6, 6.07) is 6.54. The minimum Gasteiger partial charge on any atom is -0.396 e. The van der Waals surface area contributed by atoms with Crippen LogP contribution in [-0.2, 0) is 10.0 Å². The van der Waals surface area contributed by atoms with Gasteiger partial charge in [-0.05, 0) is 43.0 Å². The van der Waals surface area contributed by atoms with E-state index in [9.17, 15) is 8.42 Å². The molecule has 1 atom stereocenters. The van der Waals surface area contributed by atoms with E-state index in [1.165, 1.54) is 4.31 Å². The molecule has 5 nitrogen and oxygen atoms in total. The summed E-state index contributed by atoms with van der Waals surface area (Å²) in [4.78, 5) is 0.283. The van der Waals surface area contributed by atoms with E-state index < -0.39 is 10.0 Å². The molecule has 1 aromatic carbocycles. The number of sulfonamides is 1. The molecule has 0 bridgehead atoms. The Morgan fingerprint density at radius 1 is 1.33 bits per heavy atom. The highest BCUT2D eigenvalue weighted by molar-refractivity contribution is 7.89. The molecule has 2 rings (SSSR count). The number of hydrogen-bond acceptors (Lipinski definition) is 4. The van der Waals surface area contributed by atoms with Gasteiger partial charge in [0.1, 0.15) is 0 Å². The molecule has 0 amide bonds. The van der Waals surface area contributed by atoms with E-state index in [4.69, 9.17) is 10.8 Å². The zero-order valence-electron chi connectivity index (χ0n) is 11.8. The molecule has 0 spiro atoms. The lowest BCUT2D eigenvalue weighted by molar-refractivity contribution is 0.259. The number of nitrogens with zero attached hydrogens (tertiary/aromatic N) is 1. The molecule has 1 aromatic rings. The second-order valence-corrected chi connectivity index (χ2v) is 7.00. The first-order valence-corrected chi connectivity index (χ1v) is 8.42. The van der Waals surface area contributed by atoms with Gasteiger partial charge in [-0.15, -0.1) is 0 Å². The van der Waals surface area contributed by atoms with Crippen LogP contribution in [0.1, 0.15) is 18.4 Å². The van der Waals surface area contributed by atoms with Crippen LogP contribution in [0.3, 0.4) is 0 Å². The average molecular weight is 308 g/mol. The van der Waals surface area contributed by atoms with Crippen molar-refractivity contribution >= 4 is 10.0 Å². The van der Waals surface area contributed by atoms with E-state index in [0.717, 1.165) is 12.0 Å². The van der Waals surface area contributed by atoms with Crippen molar-refractivity contribution in [2.45, 2.75) is 17.7 Å². The maximum atomic E-state index is 12.5. The van der Waals surface area contributed by atoms with Gasteiger partial charge in [0.15, 0.2) is 0 Å². The summed E-state index contributed by atoms with van der Waals surface area (Å²) in [6.45, 7) is 1.38. The molecule has 0 aromatic heterocycles. The van der Waals surface area contributed by atoms with Crippen LogP contribution in [0.4, 0.5) is 0 Å². The summed E-state index contributed by atoms with van der Waals surface area (Å²) in [6.07, 6.45) is 1.46. The second kappa shape index (κ2) is 7.05. The van der Waals surface area contributed by atoms with Crippen molar-refractivity contribution in [1.29, 1.82) is 0 Å². The number of nitrogens with two attached hydrogens (primary N) is 1. The molecule has 21 heavy (non-hydrogen) atoms. The van der Waals surface area contributed by atoms with E-state index >= 15 is 0 Å². The molecule has 114 valence electrons. The molecule has 3 N–H and O–H groups in total. The van der Waals surface area contributed by atoms with Crippen LogP contribution >= 0.6 is 0 Å². The van der Waals surface area contributed by atoms with Gasteiger partial charge in [0.05, 0.1) is 11.4 Å². The van der Waals surface area contributed by atoms with E-state index in [2.05, 4.69) is 11.8 Å². The fourth-order valence-corrected chi connectivity index (χ4v) is 3.98. The molecular weight excluding hydrogens is 288 g/mol. The summed E-state index contributed by atoms with van der Waals surface area (Å²) >= 11 is 0. The van der Waals surface area contributed by atoms with Crippen LogP contribution in [-0.4, -0.2) is 44.1 Å². The first-order valence-electron chi connectivity index (χ1n) is 6.98. The van der Waals surface area contributed by atoms with Crippen molar-refractivity contribution in [3.8, 4) is 11.8 Å². The predicted octanol–water partition coefficient (Wildman–Crippen LogP) is 0.390. The van der Waals surface area contributed by atoms with Gasteiger partial charge in [-0.1, -0.05) is 11.8 Å². The molecule has 1 unspecified atom stereocenters. The summed E-state index contributed by atoms with van der Waals surface area (Å²) in [7, 11) is -3.45. The van der Waals surface area contributed by atoms with Crippen molar-refractivity contribution in [3.05, 3.63) is 29.8 Å². The SMILES string of the molecule is NCC#Cc1ccc(S(=O)(=O)N2CCC(CCO)C2)cc1. The Balaban J connectivity index is 2.13. The van der Waals surface area contributed by atoms with Gasteiger partial charge >= 0.3 is 0 Å². The van der Waals surface area contributed by atoms with Gasteiger partial charge in [-0.25, -0.2) is 8.42 Å². The zero-order chi connectivity index (χ0) is 15.3. The van der Waals surface area contributed by atoms with E-state index in [1.54, 1.807) is 24.3 Å². The average Bonchev–Trinajstić information content (AvgIpc) is 2.95. The van der Waals surface area contributed by atoms with Crippen LogP contribution in [0.15, 0.2) is 29.2 Å². The Kier molecular flexibility index (Phi) is 5.37. The molecular formula is C15H20N2O3S. The van der Waals surface area contributed by atoms with E-state index in [1.807, 2.05) is 0 Å². The number of rotatable bonds is 4. The fraction of sp³-hybridized carbons (Fsp3) is 0.467. The minimum absolute atomic E-state index is 0.104. The molecule has 0 radical (unpaired) electrons.